The first kappa shape index (κ1) is 16.0. The van der Waals surface area contributed by atoms with E-state index in [-0.39, 0.29) is 11.4 Å². The second-order valence-corrected chi connectivity index (χ2v) is 6.56. The van der Waals surface area contributed by atoms with Crippen molar-refractivity contribution in [3.8, 4) is 0 Å². The Morgan fingerprint density at radius 3 is 2.36 bits per heavy atom. The molecule has 1 atom stereocenters. The van der Waals surface area contributed by atoms with Crippen LogP contribution in [0.4, 0.5) is 0 Å². The predicted molar refractivity (Wildman–Crippen MR) is 84.7 cm³/mol. The highest BCUT2D eigenvalue weighted by Gasteiger charge is 2.17. The quantitative estimate of drug-likeness (QED) is 0.502. The van der Waals surface area contributed by atoms with Crippen LogP contribution in [0, 0.1) is 6.92 Å². The lowest BCUT2D eigenvalue weighted by Crippen LogP contribution is -2.28. The molecule has 0 aliphatic heterocycles. The maximum atomic E-state index is 12.2. The Balaban J connectivity index is 2.15. The molecule has 7 heteroatoms. The lowest BCUT2D eigenvalue weighted by Gasteiger charge is -2.13. The smallest absolute Gasteiger partial charge is 0.210 e. The van der Waals surface area contributed by atoms with Crippen LogP contribution in [0.5, 0.6) is 0 Å². The molecule has 0 bridgehead atoms. The third kappa shape index (κ3) is 4.08. The van der Waals surface area contributed by atoms with Gasteiger partial charge in [0.1, 0.15) is 0 Å². The van der Waals surface area contributed by atoms with Crippen LogP contribution in [-0.4, -0.2) is 15.0 Å². The van der Waals surface area contributed by atoms with Gasteiger partial charge in [-0.05, 0) is 30.2 Å². The van der Waals surface area contributed by atoms with E-state index in [9.17, 15) is 8.42 Å². The van der Waals surface area contributed by atoms with Crippen molar-refractivity contribution in [3.63, 3.8) is 0 Å². The van der Waals surface area contributed by atoms with Gasteiger partial charge < -0.3 is 0 Å². The Morgan fingerprint density at radius 2 is 1.77 bits per heavy atom. The molecule has 2 aromatic carbocycles. The van der Waals surface area contributed by atoms with Crippen LogP contribution in [-0.2, 0) is 10.0 Å². The van der Waals surface area contributed by atoms with E-state index in [0.29, 0.717) is 0 Å². The SMILES string of the molecule is Cc1ccc(S(=O)(=O)NC[C@H](N=[N+]=[N-])c2ccccc2)cc1. The van der Waals surface area contributed by atoms with Gasteiger partial charge in [0, 0.05) is 11.5 Å². The monoisotopic (exact) mass is 316 g/mol. The lowest BCUT2D eigenvalue weighted by molar-refractivity contribution is 0.572. The number of hydrogen-bond acceptors (Lipinski definition) is 3. The van der Waals surface area contributed by atoms with Crippen LogP contribution in [0.25, 0.3) is 10.4 Å². The van der Waals surface area contributed by atoms with Crippen molar-refractivity contribution < 1.29 is 8.42 Å². The van der Waals surface area contributed by atoms with Crippen molar-refractivity contribution in [1.82, 2.24) is 4.72 Å². The molecule has 0 saturated carbocycles. The average Bonchev–Trinajstić information content (AvgIpc) is 2.53. The van der Waals surface area contributed by atoms with Gasteiger partial charge in [-0.1, -0.05) is 53.1 Å². The Hall–Kier alpha value is -2.34. The number of sulfonamides is 1. The molecular weight excluding hydrogens is 300 g/mol. The van der Waals surface area contributed by atoms with Gasteiger partial charge in [-0.15, -0.1) is 0 Å². The van der Waals surface area contributed by atoms with Crippen LogP contribution in [0.2, 0.25) is 0 Å². The van der Waals surface area contributed by atoms with Gasteiger partial charge in [0.05, 0.1) is 10.9 Å². The zero-order chi connectivity index (χ0) is 16.0. The van der Waals surface area contributed by atoms with Crippen LogP contribution >= 0.6 is 0 Å². The Bertz CT molecular complexity index is 767. The molecule has 0 spiro atoms. The third-order valence-electron chi connectivity index (χ3n) is 3.17. The van der Waals surface area contributed by atoms with Crippen molar-refractivity contribution in [2.45, 2.75) is 17.9 Å². The molecule has 6 nitrogen and oxygen atoms in total. The molecule has 2 aromatic rings. The van der Waals surface area contributed by atoms with Crippen molar-refractivity contribution in [2.75, 3.05) is 6.54 Å². The van der Waals surface area contributed by atoms with Crippen molar-refractivity contribution >= 4 is 10.0 Å². The first-order valence-corrected chi connectivity index (χ1v) is 8.17. The highest BCUT2D eigenvalue weighted by atomic mass is 32.2. The van der Waals surface area contributed by atoms with Gasteiger partial charge in [-0.2, -0.15) is 0 Å². The molecule has 0 heterocycles. The summed E-state index contributed by atoms with van der Waals surface area (Å²) in [4.78, 5) is 2.97. The summed E-state index contributed by atoms with van der Waals surface area (Å²) in [5, 5.41) is 3.66. The second-order valence-electron chi connectivity index (χ2n) is 4.80. The molecule has 0 amide bonds. The summed E-state index contributed by atoms with van der Waals surface area (Å²) in [6.07, 6.45) is 0. The van der Waals surface area contributed by atoms with Gasteiger partial charge >= 0.3 is 0 Å². The van der Waals surface area contributed by atoms with Gasteiger partial charge in [0.25, 0.3) is 0 Å². The summed E-state index contributed by atoms with van der Waals surface area (Å²) in [6, 6.07) is 15.0. The van der Waals surface area contributed by atoms with Gasteiger partial charge in [-0.25, -0.2) is 13.1 Å². The predicted octanol–water partition coefficient (Wildman–Crippen LogP) is 3.32. The highest BCUT2D eigenvalue weighted by Crippen LogP contribution is 2.18. The average molecular weight is 316 g/mol. The Morgan fingerprint density at radius 1 is 1.14 bits per heavy atom. The number of azide groups is 1. The van der Waals surface area contributed by atoms with Crippen LogP contribution in [0.3, 0.4) is 0 Å². The number of rotatable bonds is 6. The standard InChI is InChI=1S/C15H16N4O2S/c1-12-7-9-14(10-8-12)22(20,21)17-11-15(18-19-16)13-5-3-2-4-6-13/h2-10,15,17H,11H2,1H3/t15-/m0/s1. The van der Waals surface area contributed by atoms with E-state index in [1.54, 1.807) is 36.4 Å². The highest BCUT2D eigenvalue weighted by molar-refractivity contribution is 7.89. The van der Waals surface area contributed by atoms with Crippen LogP contribution in [0.15, 0.2) is 64.6 Å². The molecule has 0 saturated heterocycles. The van der Waals surface area contributed by atoms with Crippen molar-refractivity contribution in [2.24, 2.45) is 5.11 Å². The largest absolute Gasteiger partial charge is 0.240 e. The molecule has 2 rings (SSSR count). The maximum absolute atomic E-state index is 12.2. The molecule has 0 aliphatic rings. The van der Waals surface area contributed by atoms with Gasteiger partial charge in [0.15, 0.2) is 0 Å². The fourth-order valence-corrected chi connectivity index (χ4v) is 2.99. The summed E-state index contributed by atoms with van der Waals surface area (Å²) < 4.78 is 27.0. The van der Waals surface area contributed by atoms with Gasteiger partial charge in [0.2, 0.25) is 10.0 Å². The molecule has 114 valence electrons. The van der Waals surface area contributed by atoms with E-state index in [4.69, 9.17) is 5.53 Å². The fourth-order valence-electron chi connectivity index (χ4n) is 1.95. The second kappa shape index (κ2) is 7.09. The van der Waals surface area contributed by atoms with Crippen molar-refractivity contribution in [1.29, 1.82) is 0 Å². The van der Waals surface area contributed by atoms with E-state index in [2.05, 4.69) is 14.7 Å². The van der Waals surface area contributed by atoms with E-state index in [0.717, 1.165) is 11.1 Å². The molecule has 1 N–H and O–H groups in total. The summed E-state index contributed by atoms with van der Waals surface area (Å²) >= 11 is 0. The van der Waals surface area contributed by atoms with E-state index < -0.39 is 16.1 Å². The fraction of sp³-hybridized carbons (Fsp3) is 0.200. The summed E-state index contributed by atoms with van der Waals surface area (Å²) in [5.41, 5.74) is 10.4. The lowest BCUT2D eigenvalue weighted by atomic mass is 10.1. The number of nitrogens with zero attached hydrogens (tertiary/aromatic N) is 3. The zero-order valence-corrected chi connectivity index (χ0v) is 12.9. The number of aryl methyl sites for hydroxylation is 1. The number of benzene rings is 2. The first-order valence-electron chi connectivity index (χ1n) is 6.68. The van der Waals surface area contributed by atoms with E-state index >= 15 is 0 Å². The van der Waals surface area contributed by atoms with Crippen LogP contribution < -0.4 is 4.72 Å². The summed E-state index contributed by atoms with van der Waals surface area (Å²) in [6.45, 7) is 1.89. The van der Waals surface area contributed by atoms with Gasteiger partial charge in [-0.3, -0.25) is 0 Å². The molecule has 0 unspecified atom stereocenters. The third-order valence-corrected chi connectivity index (χ3v) is 4.61. The number of nitrogens with one attached hydrogen (secondary N) is 1. The summed E-state index contributed by atoms with van der Waals surface area (Å²) in [7, 11) is -3.63. The van der Waals surface area contributed by atoms with Crippen LogP contribution in [0.1, 0.15) is 17.2 Å². The maximum Gasteiger partial charge on any atom is 0.240 e. The number of hydrogen-bond donors (Lipinski definition) is 1. The van der Waals surface area contributed by atoms with E-state index in [1.165, 1.54) is 0 Å². The van der Waals surface area contributed by atoms with Crippen molar-refractivity contribution in [3.05, 3.63) is 76.2 Å². The molecular formula is C15H16N4O2S. The Kier molecular flexibility index (Phi) is 5.16. The molecule has 0 radical (unpaired) electrons. The zero-order valence-electron chi connectivity index (χ0n) is 12.0. The summed E-state index contributed by atoms with van der Waals surface area (Å²) in [5.74, 6) is 0. The molecule has 22 heavy (non-hydrogen) atoms. The molecule has 0 fully saturated rings. The minimum Gasteiger partial charge on any atom is -0.210 e. The minimum absolute atomic E-state index is 0.00425. The molecule has 0 aliphatic carbocycles. The normalized spacial score (nSPS) is 12.4. The first-order chi connectivity index (χ1) is 10.5. The van der Waals surface area contributed by atoms with E-state index in [1.807, 2.05) is 25.1 Å². The topological polar surface area (TPSA) is 94.9 Å². The Labute approximate surface area is 129 Å². The minimum atomic E-state index is -3.63. The molecule has 0 aromatic heterocycles.